The molecule has 2 aliphatic rings. The number of nitrogens with zero attached hydrogens (tertiary/aromatic N) is 3. The van der Waals surface area contributed by atoms with Crippen molar-refractivity contribution in [3.05, 3.63) is 56.8 Å². The van der Waals surface area contributed by atoms with Crippen molar-refractivity contribution >= 4 is 23.2 Å². The summed E-state index contributed by atoms with van der Waals surface area (Å²) in [7, 11) is 1.54. The molecule has 0 unspecified atom stereocenters. The Labute approximate surface area is 165 Å². The molecule has 2 N–H and O–H groups in total. The maximum atomic E-state index is 14.0. The zero-order valence-electron chi connectivity index (χ0n) is 15.6. The van der Waals surface area contributed by atoms with E-state index in [1.165, 1.54) is 35.4 Å². The van der Waals surface area contributed by atoms with Crippen molar-refractivity contribution in [3.63, 3.8) is 0 Å². The van der Waals surface area contributed by atoms with Crippen molar-refractivity contribution in [1.29, 1.82) is 5.26 Å². The van der Waals surface area contributed by atoms with Crippen molar-refractivity contribution in [2.75, 3.05) is 7.05 Å². The van der Waals surface area contributed by atoms with Crippen molar-refractivity contribution in [3.8, 4) is 6.07 Å². The van der Waals surface area contributed by atoms with Gasteiger partial charge in [0.1, 0.15) is 21.9 Å². The quantitative estimate of drug-likeness (QED) is 0.840. The number of alkyl halides is 2. The molecule has 0 radical (unpaired) electrons. The van der Waals surface area contributed by atoms with Crippen LogP contribution in [0, 0.1) is 11.3 Å². The van der Waals surface area contributed by atoms with Crippen molar-refractivity contribution < 1.29 is 13.6 Å². The first-order chi connectivity index (χ1) is 13.0. The Hall–Kier alpha value is -2.79. The Balaban J connectivity index is 1.98. The van der Waals surface area contributed by atoms with Crippen LogP contribution in [0.25, 0.3) is 0 Å². The number of halogens is 2. The summed E-state index contributed by atoms with van der Waals surface area (Å²) < 4.78 is 27.9. The molecular formula is C20H18F2N4OS. The number of carbonyl (C=O) groups is 1. The minimum absolute atomic E-state index is 0.0652. The minimum Gasteiger partial charge on any atom is -0.369 e. The first kappa shape index (κ1) is 18.6. The topological polar surface area (TPSA) is 82.5 Å². The van der Waals surface area contributed by atoms with E-state index in [2.05, 4.69) is 11.1 Å². The number of benzene rings is 1. The summed E-state index contributed by atoms with van der Waals surface area (Å²) in [5, 5.41) is 9.21. The van der Waals surface area contributed by atoms with Gasteiger partial charge in [0.15, 0.2) is 5.96 Å². The van der Waals surface area contributed by atoms with Gasteiger partial charge >= 0.3 is 0 Å². The molecule has 1 aromatic carbocycles. The molecular weight excluding hydrogens is 382 g/mol. The van der Waals surface area contributed by atoms with Crippen LogP contribution in [0.1, 0.15) is 40.3 Å². The number of nitriles is 1. The Morgan fingerprint density at radius 1 is 1.36 bits per heavy atom. The van der Waals surface area contributed by atoms with E-state index < -0.39 is 16.9 Å². The van der Waals surface area contributed by atoms with Gasteiger partial charge in [-0.3, -0.25) is 9.69 Å². The number of nitrogens with two attached hydrogens (primary N) is 1. The fourth-order valence-electron chi connectivity index (χ4n) is 4.22. The van der Waals surface area contributed by atoms with E-state index in [1.54, 1.807) is 25.1 Å². The van der Waals surface area contributed by atoms with E-state index in [0.717, 1.165) is 12.5 Å². The molecule has 1 amide bonds. The molecule has 28 heavy (non-hydrogen) atoms. The average Bonchev–Trinajstić information content (AvgIpc) is 3.09. The van der Waals surface area contributed by atoms with E-state index in [-0.39, 0.29) is 17.4 Å². The molecule has 4 rings (SSSR count). The van der Waals surface area contributed by atoms with Gasteiger partial charge < -0.3 is 5.73 Å². The van der Waals surface area contributed by atoms with E-state index in [4.69, 9.17) is 5.73 Å². The molecule has 1 aromatic heterocycles. The van der Waals surface area contributed by atoms with Crippen molar-refractivity contribution in [1.82, 2.24) is 4.90 Å². The summed E-state index contributed by atoms with van der Waals surface area (Å²) >= 11 is 1.24. The monoisotopic (exact) mass is 400 g/mol. The zero-order valence-corrected chi connectivity index (χ0v) is 16.4. The van der Waals surface area contributed by atoms with Gasteiger partial charge in [0.05, 0.1) is 0 Å². The molecule has 144 valence electrons. The molecule has 0 saturated heterocycles. The standard InChI is InChI=1S/C20H18F2N4OS/c1-18(15-7-6-13(10-23)28-15)20(16(27)26(3)17(24)25-18)9-11-4-5-12(8-14(11)20)19(2,21)22/h4-8H,9H2,1-3H3,(H2,24,25)/t18-,20+/m1/s1. The molecule has 1 aliphatic heterocycles. The first-order valence-electron chi connectivity index (χ1n) is 8.70. The van der Waals surface area contributed by atoms with Gasteiger partial charge in [0.2, 0.25) is 5.91 Å². The van der Waals surface area contributed by atoms with Gasteiger partial charge in [-0.05, 0) is 42.7 Å². The van der Waals surface area contributed by atoms with Crippen LogP contribution >= 0.6 is 11.3 Å². The van der Waals surface area contributed by atoms with E-state index >= 15 is 0 Å². The molecule has 5 nitrogen and oxygen atoms in total. The lowest BCUT2D eigenvalue weighted by atomic mass is 9.52. The molecule has 2 atom stereocenters. The molecule has 2 heterocycles. The summed E-state index contributed by atoms with van der Waals surface area (Å²) in [5.74, 6) is -3.24. The average molecular weight is 400 g/mol. The smallest absolute Gasteiger partial charge is 0.270 e. The number of thiophene rings is 1. The minimum atomic E-state index is -3.02. The number of likely N-dealkylation sites (N-methyl/N-ethyl adjacent to an activating group) is 1. The normalized spacial score (nSPS) is 26.5. The highest BCUT2D eigenvalue weighted by atomic mass is 32.1. The fourth-order valence-corrected chi connectivity index (χ4v) is 5.20. The fraction of sp³-hybridized carbons (Fsp3) is 0.350. The molecule has 0 bridgehead atoms. The van der Waals surface area contributed by atoms with Gasteiger partial charge in [-0.25, -0.2) is 13.8 Å². The summed E-state index contributed by atoms with van der Waals surface area (Å²) in [6.07, 6.45) is 0.369. The number of rotatable bonds is 2. The Morgan fingerprint density at radius 3 is 2.68 bits per heavy atom. The highest BCUT2D eigenvalue weighted by molar-refractivity contribution is 7.12. The third-order valence-electron chi connectivity index (χ3n) is 5.91. The predicted octanol–water partition coefficient (Wildman–Crippen LogP) is 3.23. The number of carbonyl (C=O) groups excluding carboxylic acids is 1. The second-order valence-electron chi connectivity index (χ2n) is 7.52. The predicted molar refractivity (Wildman–Crippen MR) is 102 cm³/mol. The third-order valence-corrected chi connectivity index (χ3v) is 7.11. The molecule has 0 fully saturated rings. The number of hydrogen-bond acceptors (Lipinski definition) is 5. The van der Waals surface area contributed by atoms with Gasteiger partial charge in [-0.1, -0.05) is 12.1 Å². The van der Waals surface area contributed by atoms with E-state index in [0.29, 0.717) is 21.7 Å². The molecule has 2 aromatic rings. The van der Waals surface area contributed by atoms with Crippen LogP contribution in [-0.4, -0.2) is 23.8 Å². The second kappa shape index (κ2) is 5.61. The maximum Gasteiger partial charge on any atom is 0.270 e. The van der Waals surface area contributed by atoms with Crippen molar-refractivity contribution in [2.24, 2.45) is 10.7 Å². The first-order valence-corrected chi connectivity index (χ1v) is 9.52. The van der Waals surface area contributed by atoms with E-state index in [1.807, 2.05) is 0 Å². The lowest BCUT2D eigenvalue weighted by molar-refractivity contribution is -0.138. The van der Waals surface area contributed by atoms with Crippen LogP contribution < -0.4 is 5.73 Å². The summed E-state index contributed by atoms with van der Waals surface area (Å²) in [4.78, 5) is 20.6. The van der Waals surface area contributed by atoms with Crippen LogP contribution in [0.15, 0.2) is 35.3 Å². The number of fused-ring (bicyclic) bond motifs is 2. The van der Waals surface area contributed by atoms with Gasteiger partial charge in [-0.2, -0.15) is 5.26 Å². The highest BCUT2D eigenvalue weighted by Gasteiger charge is 2.65. The van der Waals surface area contributed by atoms with Crippen LogP contribution in [-0.2, 0) is 28.1 Å². The number of guanidine groups is 1. The highest BCUT2D eigenvalue weighted by Crippen LogP contribution is 2.58. The molecule has 8 heteroatoms. The molecule has 1 aliphatic carbocycles. The Kier molecular flexibility index (Phi) is 3.72. The summed E-state index contributed by atoms with van der Waals surface area (Å²) in [6, 6.07) is 9.99. The lowest BCUT2D eigenvalue weighted by Gasteiger charge is -2.55. The van der Waals surface area contributed by atoms with Gasteiger partial charge in [0, 0.05) is 24.4 Å². The number of hydrogen-bond donors (Lipinski definition) is 1. The summed E-state index contributed by atoms with van der Waals surface area (Å²) in [5.41, 5.74) is 5.03. The maximum absolute atomic E-state index is 14.0. The molecule has 1 spiro atoms. The summed E-state index contributed by atoms with van der Waals surface area (Å²) in [6.45, 7) is 2.63. The van der Waals surface area contributed by atoms with Crippen LogP contribution in [0.4, 0.5) is 8.78 Å². The SMILES string of the molecule is CN1C(=O)[C@@]2(Cc3ccc(C(C)(F)F)cc32)[C@@](C)(c2ccc(C#N)s2)N=C1N. The van der Waals surface area contributed by atoms with Crippen LogP contribution in [0.5, 0.6) is 0 Å². The van der Waals surface area contributed by atoms with E-state index in [9.17, 15) is 18.8 Å². The second-order valence-corrected chi connectivity index (χ2v) is 8.61. The lowest BCUT2D eigenvalue weighted by Crippen LogP contribution is -2.67. The van der Waals surface area contributed by atoms with Crippen LogP contribution in [0.2, 0.25) is 0 Å². The van der Waals surface area contributed by atoms with Crippen molar-refractivity contribution in [2.45, 2.75) is 37.1 Å². The van der Waals surface area contributed by atoms with Gasteiger partial charge in [-0.15, -0.1) is 11.3 Å². The molecule has 0 saturated carbocycles. The number of aliphatic imine (C=N–C) groups is 1. The Morgan fingerprint density at radius 2 is 2.07 bits per heavy atom. The largest absolute Gasteiger partial charge is 0.369 e. The Bertz CT molecular complexity index is 1080. The number of amides is 1. The van der Waals surface area contributed by atoms with Gasteiger partial charge in [0.25, 0.3) is 5.92 Å². The zero-order chi connectivity index (χ0) is 20.5. The third kappa shape index (κ3) is 2.20. The van der Waals surface area contributed by atoms with Crippen LogP contribution in [0.3, 0.4) is 0 Å².